The smallest absolute Gasteiger partial charge is 0.145 e. The Labute approximate surface area is 118 Å². The quantitative estimate of drug-likeness (QED) is 0.875. The first-order valence-electron chi connectivity index (χ1n) is 6.40. The normalized spacial score (nSPS) is 11.3. The number of halogens is 1. The second-order valence-electron chi connectivity index (χ2n) is 5.01. The summed E-state index contributed by atoms with van der Waals surface area (Å²) in [5.74, 6) is 2.16. The molecule has 0 bridgehead atoms. The predicted octanol–water partition coefficient (Wildman–Crippen LogP) is 3.25. The van der Waals surface area contributed by atoms with Gasteiger partial charge in [-0.2, -0.15) is 0 Å². The molecule has 0 aliphatic rings. The van der Waals surface area contributed by atoms with Gasteiger partial charge in [0.1, 0.15) is 11.6 Å². The number of rotatable bonds is 6. The van der Waals surface area contributed by atoms with Crippen molar-refractivity contribution in [2.24, 2.45) is 0 Å². The lowest BCUT2D eigenvalue weighted by atomic mass is 10.1. The van der Waals surface area contributed by atoms with Crippen molar-refractivity contribution in [2.45, 2.75) is 39.7 Å². The Balaban J connectivity index is 3.10. The van der Waals surface area contributed by atoms with Crippen molar-refractivity contribution in [3.63, 3.8) is 0 Å². The third kappa shape index (κ3) is 4.21. The molecular formula is C13H23BrN4. The zero-order valence-corrected chi connectivity index (χ0v) is 13.5. The topological polar surface area (TPSA) is 41.1 Å². The summed E-state index contributed by atoms with van der Waals surface area (Å²) in [5, 5.41) is 3.36. The number of nitrogens with zero attached hydrogens (tertiary/aromatic N) is 3. The SMILES string of the molecule is CCCNc1nc(CN(C)C)nc(C(C)C)c1Br. The largest absolute Gasteiger partial charge is 0.369 e. The molecule has 0 fully saturated rings. The van der Waals surface area contributed by atoms with Crippen LogP contribution in [0, 0.1) is 0 Å². The molecule has 1 N–H and O–H groups in total. The Hall–Kier alpha value is -0.680. The van der Waals surface area contributed by atoms with Crippen molar-refractivity contribution in [3.8, 4) is 0 Å². The molecule has 0 radical (unpaired) electrons. The van der Waals surface area contributed by atoms with Crippen molar-refractivity contribution in [3.05, 3.63) is 16.0 Å². The van der Waals surface area contributed by atoms with Crippen molar-refractivity contribution >= 4 is 21.7 Å². The molecule has 0 aliphatic carbocycles. The molecule has 0 saturated heterocycles. The van der Waals surface area contributed by atoms with Crippen LogP contribution >= 0.6 is 15.9 Å². The van der Waals surface area contributed by atoms with Gasteiger partial charge in [-0.3, -0.25) is 0 Å². The van der Waals surface area contributed by atoms with Crippen LogP contribution in [0.1, 0.15) is 44.6 Å². The highest BCUT2D eigenvalue weighted by atomic mass is 79.9. The summed E-state index contributed by atoms with van der Waals surface area (Å²) in [7, 11) is 4.05. The van der Waals surface area contributed by atoms with Crippen LogP contribution in [0.4, 0.5) is 5.82 Å². The lowest BCUT2D eigenvalue weighted by Gasteiger charge is -2.16. The van der Waals surface area contributed by atoms with E-state index in [1.165, 1.54) is 0 Å². The van der Waals surface area contributed by atoms with Crippen LogP contribution in [-0.4, -0.2) is 35.5 Å². The molecule has 0 aromatic carbocycles. The Kier molecular flexibility index (Phi) is 6.02. The van der Waals surface area contributed by atoms with Crippen molar-refractivity contribution < 1.29 is 0 Å². The van der Waals surface area contributed by atoms with E-state index in [0.29, 0.717) is 5.92 Å². The first-order chi connectivity index (χ1) is 8.45. The van der Waals surface area contributed by atoms with Crippen LogP contribution in [0.3, 0.4) is 0 Å². The summed E-state index contributed by atoms with van der Waals surface area (Å²) in [5.41, 5.74) is 1.07. The van der Waals surface area contributed by atoms with Crippen LogP contribution in [0.25, 0.3) is 0 Å². The molecule has 102 valence electrons. The Bertz CT molecular complexity index is 391. The Morgan fingerprint density at radius 1 is 1.28 bits per heavy atom. The second-order valence-corrected chi connectivity index (χ2v) is 5.80. The van der Waals surface area contributed by atoms with Gasteiger partial charge >= 0.3 is 0 Å². The van der Waals surface area contributed by atoms with E-state index in [0.717, 1.165) is 41.3 Å². The molecule has 18 heavy (non-hydrogen) atoms. The van der Waals surface area contributed by atoms with E-state index in [4.69, 9.17) is 0 Å². The molecule has 5 heteroatoms. The molecule has 1 rings (SSSR count). The van der Waals surface area contributed by atoms with E-state index < -0.39 is 0 Å². The summed E-state index contributed by atoms with van der Waals surface area (Å²) < 4.78 is 0.994. The second kappa shape index (κ2) is 7.04. The average Bonchev–Trinajstić information content (AvgIpc) is 2.28. The van der Waals surface area contributed by atoms with Crippen LogP contribution < -0.4 is 5.32 Å². The minimum atomic E-state index is 0.380. The molecule has 0 spiro atoms. The van der Waals surface area contributed by atoms with Crippen LogP contribution in [-0.2, 0) is 6.54 Å². The van der Waals surface area contributed by atoms with Gasteiger partial charge in [-0.15, -0.1) is 0 Å². The fraction of sp³-hybridized carbons (Fsp3) is 0.692. The third-order valence-corrected chi connectivity index (χ3v) is 3.25. The number of hydrogen-bond acceptors (Lipinski definition) is 4. The van der Waals surface area contributed by atoms with Gasteiger partial charge in [-0.25, -0.2) is 9.97 Å². The molecule has 0 aliphatic heterocycles. The van der Waals surface area contributed by atoms with Gasteiger partial charge in [0.15, 0.2) is 0 Å². The minimum Gasteiger partial charge on any atom is -0.369 e. The first kappa shape index (κ1) is 15.4. The van der Waals surface area contributed by atoms with Crippen molar-refractivity contribution in [1.29, 1.82) is 0 Å². The van der Waals surface area contributed by atoms with Gasteiger partial charge < -0.3 is 10.2 Å². The van der Waals surface area contributed by atoms with Crippen LogP contribution in [0.5, 0.6) is 0 Å². The van der Waals surface area contributed by atoms with Crippen LogP contribution in [0.15, 0.2) is 4.47 Å². The molecular weight excluding hydrogens is 292 g/mol. The van der Waals surface area contributed by atoms with Gasteiger partial charge in [0.05, 0.1) is 16.7 Å². The number of hydrogen-bond donors (Lipinski definition) is 1. The third-order valence-electron chi connectivity index (χ3n) is 2.47. The maximum atomic E-state index is 4.64. The summed E-state index contributed by atoms with van der Waals surface area (Å²) >= 11 is 3.61. The molecule has 1 aromatic heterocycles. The highest BCUT2D eigenvalue weighted by Gasteiger charge is 2.14. The number of anilines is 1. The lowest BCUT2D eigenvalue weighted by molar-refractivity contribution is 0.389. The summed E-state index contributed by atoms with van der Waals surface area (Å²) in [6.07, 6.45) is 1.08. The van der Waals surface area contributed by atoms with Crippen molar-refractivity contribution in [1.82, 2.24) is 14.9 Å². The number of aromatic nitrogens is 2. The van der Waals surface area contributed by atoms with E-state index >= 15 is 0 Å². The summed E-state index contributed by atoms with van der Waals surface area (Å²) in [6, 6.07) is 0. The van der Waals surface area contributed by atoms with E-state index in [1.807, 2.05) is 14.1 Å². The first-order valence-corrected chi connectivity index (χ1v) is 7.19. The minimum absolute atomic E-state index is 0.380. The fourth-order valence-electron chi connectivity index (χ4n) is 1.61. The van der Waals surface area contributed by atoms with Gasteiger partial charge in [0, 0.05) is 6.54 Å². The maximum Gasteiger partial charge on any atom is 0.145 e. The highest BCUT2D eigenvalue weighted by Crippen LogP contribution is 2.29. The highest BCUT2D eigenvalue weighted by molar-refractivity contribution is 9.10. The molecule has 4 nitrogen and oxygen atoms in total. The molecule has 0 amide bonds. The molecule has 0 unspecified atom stereocenters. The average molecular weight is 315 g/mol. The lowest BCUT2D eigenvalue weighted by Crippen LogP contribution is -2.16. The molecule has 1 aromatic rings. The fourth-order valence-corrected chi connectivity index (χ4v) is 2.38. The van der Waals surface area contributed by atoms with Gasteiger partial charge in [0.2, 0.25) is 0 Å². The zero-order chi connectivity index (χ0) is 13.7. The van der Waals surface area contributed by atoms with Crippen LogP contribution in [0.2, 0.25) is 0 Å². The van der Waals surface area contributed by atoms with E-state index in [1.54, 1.807) is 0 Å². The monoisotopic (exact) mass is 314 g/mol. The van der Waals surface area contributed by atoms with E-state index in [2.05, 4.69) is 56.9 Å². The van der Waals surface area contributed by atoms with Gasteiger partial charge in [-0.05, 0) is 42.4 Å². The summed E-state index contributed by atoms with van der Waals surface area (Å²) in [6.45, 7) is 8.13. The zero-order valence-electron chi connectivity index (χ0n) is 11.9. The number of nitrogens with one attached hydrogen (secondary N) is 1. The van der Waals surface area contributed by atoms with Gasteiger partial charge in [0.25, 0.3) is 0 Å². The molecule has 0 saturated carbocycles. The van der Waals surface area contributed by atoms with E-state index in [-0.39, 0.29) is 0 Å². The van der Waals surface area contributed by atoms with Crippen molar-refractivity contribution in [2.75, 3.05) is 26.0 Å². The standard InChI is InChI=1S/C13H23BrN4/c1-6-7-15-13-11(14)12(9(2)3)16-10(17-13)8-18(4)5/h9H,6-8H2,1-5H3,(H,15,16,17). The van der Waals surface area contributed by atoms with E-state index in [9.17, 15) is 0 Å². The Morgan fingerprint density at radius 2 is 1.94 bits per heavy atom. The summed E-state index contributed by atoms with van der Waals surface area (Å²) in [4.78, 5) is 11.3. The van der Waals surface area contributed by atoms with Gasteiger partial charge in [-0.1, -0.05) is 20.8 Å². The molecule has 1 heterocycles. The Morgan fingerprint density at radius 3 is 2.44 bits per heavy atom. The maximum absolute atomic E-state index is 4.64. The predicted molar refractivity (Wildman–Crippen MR) is 80.0 cm³/mol. The molecule has 0 atom stereocenters.